The third-order valence-corrected chi connectivity index (χ3v) is 2.86. The topological polar surface area (TPSA) is 75.7 Å². The Bertz CT molecular complexity index is 836. The zero-order valence-electron chi connectivity index (χ0n) is 9.60. The second-order valence-electron chi connectivity index (χ2n) is 4.00. The number of nitrogens with one attached hydrogen (secondary N) is 1. The lowest BCUT2D eigenvalue weighted by atomic mass is 10.1. The van der Waals surface area contributed by atoms with Crippen LogP contribution in [0.5, 0.6) is 0 Å². The van der Waals surface area contributed by atoms with E-state index in [9.17, 15) is 9.59 Å². The van der Waals surface area contributed by atoms with Gasteiger partial charge in [-0.3, -0.25) is 19.6 Å². The molecular formula is C13H9N3O2. The summed E-state index contributed by atoms with van der Waals surface area (Å²) in [5.74, 6) is -0.276. The van der Waals surface area contributed by atoms with E-state index in [-0.39, 0.29) is 16.8 Å². The maximum atomic E-state index is 12.1. The number of hydrogen-bond donors (Lipinski definition) is 1. The lowest BCUT2D eigenvalue weighted by Gasteiger charge is -2.02. The van der Waals surface area contributed by atoms with Gasteiger partial charge in [-0.05, 0) is 19.1 Å². The van der Waals surface area contributed by atoms with E-state index in [2.05, 4.69) is 15.0 Å². The minimum absolute atomic E-state index is 0.113. The molecule has 0 saturated heterocycles. The van der Waals surface area contributed by atoms with Gasteiger partial charge in [0.15, 0.2) is 11.2 Å². The Morgan fingerprint density at radius 1 is 1.22 bits per heavy atom. The highest BCUT2D eigenvalue weighted by atomic mass is 16.1. The third-order valence-electron chi connectivity index (χ3n) is 2.86. The summed E-state index contributed by atoms with van der Waals surface area (Å²) in [4.78, 5) is 34.9. The van der Waals surface area contributed by atoms with E-state index in [1.54, 1.807) is 24.5 Å². The molecule has 2 aromatic heterocycles. The highest BCUT2D eigenvalue weighted by Crippen LogP contribution is 2.17. The molecule has 5 nitrogen and oxygen atoms in total. The third kappa shape index (κ3) is 1.41. The number of hydrogen-bond acceptors (Lipinski definition) is 4. The largest absolute Gasteiger partial charge is 0.358 e. The summed E-state index contributed by atoms with van der Waals surface area (Å²) in [6, 6.07) is 3.43. The first-order chi connectivity index (χ1) is 8.68. The molecular weight excluding hydrogens is 230 g/mol. The van der Waals surface area contributed by atoms with Crippen LogP contribution in [0.15, 0.2) is 35.5 Å². The number of aromatic nitrogens is 3. The van der Waals surface area contributed by atoms with Crippen LogP contribution in [-0.4, -0.2) is 20.7 Å². The molecule has 2 heterocycles. The van der Waals surface area contributed by atoms with E-state index in [0.29, 0.717) is 16.4 Å². The molecule has 0 radical (unpaired) electrons. The molecule has 0 aliphatic heterocycles. The first kappa shape index (κ1) is 10.6. The minimum Gasteiger partial charge on any atom is -0.358 e. The molecule has 0 unspecified atom stereocenters. The molecule has 1 N–H and O–H groups in total. The lowest BCUT2D eigenvalue weighted by molar-refractivity contribution is 0.101. The SMILES string of the molecule is CC(=O)c1cnc2c(ccc3[nH]ccnc32)c1=O. The van der Waals surface area contributed by atoms with Gasteiger partial charge in [-0.25, -0.2) is 0 Å². The van der Waals surface area contributed by atoms with Crippen molar-refractivity contribution in [1.82, 2.24) is 15.0 Å². The molecule has 5 heteroatoms. The van der Waals surface area contributed by atoms with Gasteiger partial charge in [0, 0.05) is 18.6 Å². The van der Waals surface area contributed by atoms with Crippen LogP contribution in [0.1, 0.15) is 17.3 Å². The van der Waals surface area contributed by atoms with Gasteiger partial charge in [0.1, 0.15) is 11.0 Å². The summed E-state index contributed by atoms with van der Waals surface area (Å²) < 4.78 is 0. The zero-order valence-corrected chi connectivity index (χ0v) is 9.60. The van der Waals surface area contributed by atoms with Crippen LogP contribution in [0.3, 0.4) is 0 Å². The average Bonchev–Trinajstić information content (AvgIpc) is 2.38. The van der Waals surface area contributed by atoms with Gasteiger partial charge in [0.05, 0.1) is 16.5 Å². The molecule has 0 fully saturated rings. The fourth-order valence-electron chi connectivity index (χ4n) is 1.96. The van der Waals surface area contributed by atoms with Crippen molar-refractivity contribution < 1.29 is 4.79 Å². The van der Waals surface area contributed by atoms with Crippen molar-refractivity contribution in [2.45, 2.75) is 6.92 Å². The van der Waals surface area contributed by atoms with Crippen molar-refractivity contribution in [3.8, 4) is 0 Å². The number of fused-ring (bicyclic) bond motifs is 3. The fraction of sp³-hybridized carbons (Fsp3) is 0.0769. The van der Waals surface area contributed by atoms with E-state index >= 15 is 0 Å². The first-order valence-electron chi connectivity index (χ1n) is 5.44. The number of pyridine rings is 1. The molecule has 0 aliphatic carbocycles. The minimum atomic E-state index is -0.292. The van der Waals surface area contributed by atoms with Gasteiger partial charge >= 0.3 is 0 Å². The summed E-state index contributed by atoms with van der Waals surface area (Å²) in [6.07, 6.45) is 4.63. The van der Waals surface area contributed by atoms with Crippen LogP contribution in [0.4, 0.5) is 0 Å². The maximum absolute atomic E-state index is 12.1. The molecule has 0 bridgehead atoms. The molecule has 1 aromatic carbocycles. The quantitative estimate of drug-likeness (QED) is 0.517. The van der Waals surface area contributed by atoms with Crippen molar-refractivity contribution in [3.63, 3.8) is 0 Å². The normalized spacial score (nSPS) is 10.9. The molecule has 18 heavy (non-hydrogen) atoms. The van der Waals surface area contributed by atoms with Crippen LogP contribution in [0.2, 0.25) is 0 Å². The summed E-state index contributed by atoms with van der Waals surface area (Å²) >= 11 is 0. The van der Waals surface area contributed by atoms with Crippen LogP contribution in [-0.2, 0) is 0 Å². The van der Waals surface area contributed by atoms with Crippen molar-refractivity contribution in [3.05, 3.63) is 46.5 Å². The van der Waals surface area contributed by atoms with E-state index in [4.69, 9.17) is 0 Å². The number of nitrogens with zero attached hydrogens (tertiary/aromatic N) is 2. The van der Waals surface area contributed by atoms with Gasteiger partial charge in [-0.15, -0.1) is 0 Å². The van der Waals surface area contributed by atoms with Crippen molar-refractivity contribution in [2.24, 2.45) is 0 Å². The van der Waals surface area contributed by atoms with Gasteiger partial charge in [0.25, 0.3) is 0 Å². The molecule has 0 spiro atoms. The molecule has 3 rings (SSSR count). The van der Waals surface area contributed by atoms with Crippen molar-refractivity contribution in [2.75, 3.05) is 0 Å². The number of aromatic amines is 1. The Kier molecular flexibility index (Phi) is 2.19. The van der Waals surface area contributed by atoms with E-state index in [1.165, 1.54) is 13.1 Å². The second-order valence-corrected chi connectivity index (χ2v) is 4.00. The number of H-pyrrole nitrogens is 1. The Labute approximate surface area is 102 Å². The zero-order chi connectivity index (χ0) is 12.7. The monoisotopic (exact) mass is 239 g/mol. The summed E-state index contributed by atoms with van der Waals surface area (Å²) in [7, 11) is 0. The van der Waals surface area contributed by atoms with E-state index in [1.807, 2.05) is 0 Å². The van der Waals surface area contributed by atoms with Crippen LogP contribution >= 0.6 is 0 Å². The highest BCUT2D eigenvalue weighted by Gasteiger charge is 2.11. The highest BCUT2D eigenvalue weighted by molar-refractivity contribution is 6.04. The molecule has 0 atom stereocenters. The van der Waals surface area contributed by atoms with E-state index < -0.39 is 0 Å². The molecule has 0 aliphatic rings. The molecule has 0 amide bonds. The Balaban J connectivity index is 2.52. The summed E-state index contributed by atoms with van der Waals surface area (Å²) in [5.41, 5.74) is 1.76. The number of carbonyl (C=O) groups is 1. The van der Waals surface area contributed by atoms with E-state index in [0.717, 1.165) is 5.52 Å². The van der Waals surface area contributed by atoms with Gasteiger partial charge in [-0.2, -0.15) is 0 Å². The van der Waals surface area contributed by atoms with Gasteiger partial charge < -0.3 is 4.98 Å². The fourth-order valence-corrected chi connectivity index (χ4v) is 1.96. The van der Waals surface area contributed by atoms with Crippen molar-refractivity contribution in [1.29, 1.82) is 0 Å². The molecule has 88 valence electrons. The number of ketones is 1. The second kappa shape index (κ2) is 3.73. The predicted molar refractivity (Wildman–Crippen MR) is 67.7 cm³/mol. The summed E-state index contributed by atoms with van der Waals surface area (Å²) in [6.45, 7) is 1.36. The smallest absolute Gasteiger partial charge is 0.200 e. The first-order valence-corrected chi connectivity index (χ1v) is 5.44. The number of benzene rings is 1. The Hall–Kier alpha value is -2.56. The summed E-state index contributed by atoms with van der Waals surface area (Å²) in [5, 5.41) is 0.419. The Morgan fingerprint density at radius 3 is 2.83 bits per heavy atom. The maximum Gasteiger partial charge on any atom is 0.200 e. The average molecular weight is 239 g/mol. The van der Waals surface area contributed by atoms with Crippen LogP contribution < -0.4 is 5.43 Å². The van der Waals surface area contributed by atoms with Gasteiger partial charge in [0.2, 0.25) is 0 Å². The number of carbonyl (C=O) groups excluding carboxylic acids is 1. The molecule has 3 aromatic rings. The standard InChI is InChI=1S/C13H9N3O2/c1-7(17)9-6-16-11-8(13(9)18)2-3-10-12(11)15-5-4-14-10/h2-6,14H,1H3. The molecule has 0 saturated carbocycles. The number of Topliss-reactive ketones (excluding diaryl/α,β-unsaturated/α-hetero) is 1. The van der Waals surface area contributed by atoms with Crippen LogP contribution in [0, 0.1) is 0 Å². The number of rotatable bonds is 1. The Morgan fingerprint density at radius 2 is 2.06 bits per heavy atom. The predicted octanol–water partition coefficient (Wildman–Crippen LogP) is 1.67. The van der Waals surface area contributed by atoms with Crippen molar-refractivity contribution >= 4 is 27.7 Å². The lowest BCUT2D eigenvalue weighted by Crippen LogP contribution is -2.13. The van der Waals surface area contributed by atoms with Crippen LogP contribution in [0.25, 0.3) is 21.9 Å². The van der Waals surface area contributed by atoms with Gasteiger partial charge in [-0.1, -0.05) is 0 Å².